The van der Waals surface area contributed by atoms with Crippen LogP contribution in [0.25, 0.3) is 22.1 Å². The Labute approximate surface area is 200 Å². The third kappa shape index (κ3) is 4.18. The van der Waals surface area contributed by atoms with E-state index in [2.05, 4.69) is 10.2 Å². The standard InChI is InChI=1S/C29H32N2O3/c32-26(16-23-18-31-13-11-19(23)12-14-31)27-17-22-8-4-10-25(28(22)34-27)21-7-3-9-24(15-21)30-29(33)20-5-1-2-6-20/h3-4,7-10,15,17,19-20,23H,1-2,5-6,11-14,16,18H2,(H,30,33)/t23-/m0/s1. The number of anilines is 1. The van der Waals surface area contributed by atoms with Crippen LogP contribution in [0.1, 0.15) is 55.5 Å². The van der Waals surface area contributed by atoms with Gasteiger partial charge in [0.05, 0.1) is 0 Å². The van der Waals surface area contributed by atoms with Crippen LogP contribution in [-0.4, -0.2) is 36.2 Å². The van der Waals surface area contributed by atoms with Gasteiger partial charge in [0.1, 0.15) is 5.58 Å². The Morgan fingerprint density at radius 3 is 2.53 bits per heavy atom. The van der Waals surface area contributed by atoms with Crippen molar-refractivity contribution < 1.29 is 14.0 Å². The van der Waals surface area contributed by atoms with Crippen molar-refractivity contribution in [3.8, 4) is 11.1 Å². The van der Waals surface area contributed by atoms with Crippen molar-refractivity contribution in [2.75, 3.05) is 25.0 Å². The van der Waals surface area contributed by atoms with Gasteiger partial charge in [0, 0.05) is 35.5 Å². The maximum absolute atomic E-state index is 13.1. The molecule has 2 aromatic carbocycles. The molecule has 1 saturated carbocycles. The number of furan rings is 1. The predicted molar refractivity (Wildman–Crippen MR) is 134 cm³/mol. The second kappa shape index (κ2) is 9.03. The zero-order chi connectivity index (χ0) is 23.1. The summed E-state index contributed by atoms with van der Waals surface area (Å²) in [5.41, 5.74) is 3.45. The number of carbonyl (C=O) groups is 2. The minimum absolute atomic E-state index is 0.110. The Hall–Kier alpha value is -2.92. The molecular weight excluding hydrogens is 424 g/mol. The number of benzene rings is 2. The summed E-state index contributed by atoms with van der Waals surface area (Å²) in [5, 5.41) is 4.04. The number of nitrogens with one attached hydrogen (secondary N) is 1. The number of hydrogen-bond acceptors (Lipinski definition) is 4. The maximum atomic E-state index is 13.1. The molecule has 7 rings (SSSR count). The summed E-state index contributed by atoms with van der Waals surface area (Å²) in [5.74, 6) is 1.94. The highest BCUT2D eigenvalue weighted by molar-refractivity contribution is 6.01. The van der Waals surface area contributed by atoms with Gasteiger partial charge in [-0.25, -0.2) is 0 Å². The van der Waals surface area contributed by atoms with Crippen molar-refractivity contribution >= 4 is 28.3 Å². The highest BCUT2D eigenvalue weighted by Crippen LogP contribution is 2.37. The fourth-order valence-corrected chi connectivity index (χ4v) is 6.28. The van der Waals surface area contributed by atoms with Crippen molar-refractivity contribution in [1.82, 2.24) is 4.90 Å². The van der Waals surface area contributed by atoms with Gasteiger partial charge in [-0.05, 0) is 74.4 Å². The Kier molecular flexibility index (Phi) is 5.74. The van der Waals surface area contributed by atoms with E-state index in [0.29, 0.717) is 24.0 Å². The highest BCUT2D eigenvalue weighted by Gasteiger charge is 2.35. The van der Waals surface area contributed by atoms with Gasteiger partial charge in [-0.1, -0.05) is 43.2 Å². The lowest BCUT2D eigenvalue weighted by Gasteiger charge is -2.44. The van der Waals surface area contributed by atoms with E-state index in [1.807, 2.05) is 48.5 Å². The van der Waals surface area contributed by atoms with Crippen LogP contribution in [0.4, 0.5) is 5.69 Å². The van der Waals surface area contributed by atoms with E-state index in [-0.39, 0.29) is 17.6 Å². The Morgan fingerprint density at radius 1 is 0.971 bits per heavy atom. The molecule has 4 heterocycles. The lowest BCUT2D eigenvalue weighted by Crippen LogP contribution is -2.47. The molecule has 1 N–H and O–H groups in total. The van der Waals surface area contributed by atoms with Crippen LogP contribution in [0.5, 0.6) is 0 Å². The summed E-state index contributed by atoms with van der Waals surface area (Å²) < 4.78 is 6.19. The van der Waals surface area contributed by atoms with E-state index in [1.54, 1.807) is 0 Å². The van der Waals surface area contributed by atoms with Crippen LogP contribution in [0.2, 0.25) is 0 Å². The number of para-hydroxylation sites is 1. The quantitative estimate of drug-likeness (QED) is 0.452. The fourth-order valence-electron chi connectivity index (χ4n) is 6.28. The topological polar surface area (TPSA) is 62.6 Å². The Bertz CT molecular complexity index is 1220. The zero-order valence-electron chi connectivity index (χ0n) is 19.6. The van der Waals surface area contributed by atoms with Crippen LogP contribution in [0.3, 0.4) is 0 Å². The van der Waals surface area contributed by atoms with Crippen molar-refractivity contribution in [2.24, 2.45) is 17.8 Å². The molecule has 34 heavy (non-hydrogen) atoms. The van der Waals surface area contributed by atoms with Gasteiger partial charge >= 0.3 is 0 Å². The highest BCUT2D eigenvalue weighted by atomic mass is 16.3. The molecule has 1 amide bonds. The van der Waals surface area contributed by atoms with E-state index in [9.17, 15) is 9.59 Å². The zero-order valence-corrected chi connectivity index (χ0v) is 19.6. The predicted octanol–water partition coefficient (Wildman–Crippen LogP) is 6.14. The number of fused-ring (bicyclic) bond motifs is 4. The molecule has 176 valence electrons. The van der Waals surface area contributed by atoms with Crippen LogP contribution < -0.4 is 5.32 Å². The van der Waals surface area contributed by atoms with Crippen molar-refractivity contribution in [3.05, 3.63) is 54.3 Å². The Morgan fingerprint density at radius 2 is 1.76 bits per heavy atom. The number of ketones is 1. The molecule has 5 nitrogen and oxygen atoms in total. The molecular formula is C29H32N2O3. The van der Waals surface area contributed by atoms with E-state index in [0.717, 1.165) is 60.0 Å². The first kappa shape index (κ1) is 21.6. The van der Waals surface area contributed by atoms with Gasteiger partial charge in [-0.15, -0.1) is 0 Å². The summed E-state index contributed by atoms with van der Waals surface area (Å²) in [6, 6.07) is 15.8. The van der Waals surface area contributed by atoms with Gasteiger partial charge in [0.15, 0.2) is 11.5 Å². The van der Waals surface area contributed by atoms with Gasteiger partial charge in [0.2, 0.25) is 5.91 Å². The van der Waals surface area contributed by atoms with E-state index in [1.165, 1.54) is 25.9 Å². The molecule has 1 aliphatic carbocycles. The van der Waals surface area contributed by atoms with Crippen LogP contribution in [-0.2, 0) is 4.79 Å². The minimum atomic E-state index is 0.110. The van der Waals surface area contributed by atoms with E-state index < -0.39 is 0 Å². The van der Waals surface area contributed by atoms with E-state index in [4.69, 9.17) is 4.42 Å². The van der Waals surface area contributed by atoms with Crippen LogP contribution >= 0.6 is 0 Å². The minimum Gasteiger partial charge on any atom is -0.452 e. The number of piperidine rings is 3. The summed E-state index contributed by atoms with van der Waals surface area (Å²) in [6.07, 6.45) is 7.24. The fraction of sp³-hybridized carbons (Fsp3) is 0.448. The molecule has 4 aliphatic rings. The van der Waals surface area contributed by atoms with Crippen molar-refractivity contribution in [3.63, 3.8) is 0 Å². The summed E-state index contributed by atoms with van der Waals surface area (Å²) in [7, 11) is 0. The Balaban J connectivity index is 1.23. The lowest BCUT2D eigenvalue weighted by atomic mass is 9.76. The van der Waals surface area contributed by atoms with E-state index >= 15 is 0 Å². The van der Waals surface area contributed by atoms with Gasteiger partial charge in [-0.3, -0.25) is 9.59 Å². The normalized spacial score (nSPS) is 24.5. The van der Waals surface area contributed by atoms with Crippen molar-refractivity contribution in [2.45, 2.75) is 44.9 Å². The monoisotopic (exact) mass is 456 g/mol. The maximum Gasteiger partial charge on any atom is 0.227 e. The first-order valence-corrected chi connectivity index (χ1v) is 12.8. The number of rotatable bonds is 6. The third-order valence-electron chi connectivity index (χ3n) is 8.23. The van der Waals surface area contributed by atoms with Crippen molar-refractivity contribution in [1.29, 1.82) is 0 Å². The number of carbonyl (C=O) groups excluding carboxylic acids is 2. The molecule has 0 radical (unpaired) electrons. The van der Waals surface area contributed by atoms with Crippen LogP contribution in [0, 0.1) is 17.8 Å². The molecule has 2 bridgehead atoms. The summed E-state index contributed by atoms with van der Waals surface area (Å²) >= 11 is 0. The smallest absolute Gasteiger partial charge is 0.227 e. The first-order valence-electron chi connectivity index (χ1n) is 12.8. The molecule has 4 fully saturated rings. The number of nitrogens with zero attached hydrogens (tertiary/aromatic N) is 1. The SMILES string of the molecule is O=C(C[C@H]1CN2CCC1CC2)c1cc2cccc(-c3cccc(NC(=O)C4CCCC4)c3)c2o1. The molecule has 1 aromatic heterocycles. The molecule has 5 heteroatoms. The molecule has 0 unspecified atom stereocenters. The van der Waals surface area contributed by atoms with Gasteiger partial charge in [0.25, 0.3) is 0 Å². The molecule has 0 spiro atoms. The summed E-state index contributed by atoms with van der Waals surface area (Å²) in [6.45, 7) is 3.41. The second-order valence-corrected chi connectivity index (χ2v) is 10.4. The average Bonchev–Trinajstić information content (AvgIpc) is 3.55. The number of Topliss-reactive ketones (excluding diaryl/α,β-unsaturated/α-hetero) is 1. The largest absolute Gasteiger partial charge is 0.452 e. The molecule has 3 aromatic rings. The molecule has 3 aliphatic heterocycles. The third-order valence-corrected chi connectivity index (χ3v) is 8.23. The van der Waals surface area contributed by atoms with Crippen LogP contribution in [0.15, 0.2) is 52.9 Å². The summed E-state index contributed by atoms with van der Waals surface area (Å²) in [4.78, 5) is 28.2. The first-order chi connectivity index (χ1) is 16.6. The van der Waals surface area contributed by atoms with Gasteiger partial charge in [-0.2, -0.15) is 0 Å². The lowest BCUT2D eigenvalue weighted by molar-refractivity contribution is -0.119. The van der Waals surface area contributed by atoms with Gasteiger partial charge < -0.3 is 14.6 Å². The molecule has 3 saturated heterocycles. The number of amides is 1. The number of hydrogen-bond donors (Lipinski definition) is 1. The molecule has 1 atom stereocenters. The second-order valence-electron chi connectivity index (χ2n) is 10.4. The average molecular weight is 457 g/mol.